The number of sulfonamides is 1. The molecule has 0 unspecified atom stereocenters. The summed E-state index contributed by atoms with van der Waals surface area (Å²) >= 11 is 0. The van der Waals surface area contributed by atoms with Gasteiger partial charge in [0.15, 0.2) is 16.5 Å². The van der Waals surface area contributed by atoms with Crippen molar-refractivity contribution in [1.82, 2.24) is 14.3 Å². The van der Waals surface area contributed by atoms with E-state index in [0.717, 1.165) is 5.56 Å². The van der Waals surface area contributed by atoms with Crippen molar-refractivity contribution >= 4 is 10.0 Å². The summed E-state index contributed by atoms with van der Waals surface area (Å²) in [6, 6.07) is 5.49. The van der Waals surface area contributed by atoms with Gasteiger partial charge in [-0.15, -0.1) is 0 Å². The Hall–Kier alpha value is -2.06. The van der Waals surface area contributed by atoms with Gasteiger partial charge >= 0.3 is 0 Å². The highest BCUT2D eigenvalue weighted by molar-refractivity contribution is 7.89. The molecular formula is C14H19N3O4S. The molecule has 0 aliphatic carbocycles. The van der Waals surface area contributed by atoms with E-state index < -0.39 is 10.0 Å². The van der Waals surface area contributed by atoms with Crippen molar-refractivity contribution in [2.75, 3.05) is 20.8 Å². The fourth-order valence-electron chi connectivity index (χ4n) is 1.97. The van der Waals surface area contributed by atoms with Gasteiger partial charge in [-0.2, -0.15) is 0 Å². The number of benzene rings is 1. The smallest absolute Gasteiger partial charge is 0.259 e. The Bertz CT molecular complexity index is 740. The second-order valence-corrected chi connectivity index (χ2v) is 6.43. The Morgan fingerprint density at radius 1 is 1.23 bits per heavy atom. The molecule has 2 rings (SSSR count). The van der Waals surface area contributed by atoms with Crippen LogP contribution in [0, 0.1) is 0 Å². The molecule has 0 saturated carbocycles. The summed E-state index contributed by atoms with van der Waals surface area (Å²) in [4.78, 5) is 3.84. The number of imidazole rings is 1. The molecule has 0 fully saturated rings. The Balaban J connectivity index is 1.99. The van der Waals surface area contributed by atoms with Gasteiger partial charge in [0.1, 0.15) is 0 Å². The molecule has 0 amide bonds. The molecule has 1 N–H and O–H groups in total. The van der Waals surface area contributed by atoms with E-state index in [1.165, 1.54) is 12.5 Å². The van der Waals surface area contributed by atoms with E-state index in [9.17, 15) is 8.42 Å². The Morgan fingerprint density at radius 2 is 1.95 bits per heavy atom. The van der Waals surface area contributed by atoms with Gasteiger partial charge in [-0.3, -0.25) is 0 Å². The summed E-state index contributed by atoms with van der Waals surface area (Å²) in [6.07, 6.45) is 3.44. The summed E-state index contributed by atoms with van der Waals surface area (Å²) in [5.41, 5.74) is 0.946. The highest BCUT2D eigenvalue weighted by atomic mass is 32.2. The van der Waals surface area contributed by atoms with E-state index in [1.807, 2.05) is 12.1 Å². The van der Waals surface area contributed by atoms with Crippen LogP contribution < -0.4 is 14.2 Å². The van der Waals surface area contributed by atoms with Crippen LogP contribution in [0.5, 0.6) is 11.5 Å². The molecule has 0 aliphatic heterocycles. The maximum Gasteiger partial charge on any atom is 0.259 e. The van der Waals surface area contributed by atoms with Crippen LogP contribution in [0.25, 0.3) is 0 Å². The summed E-state index contributed by atoms with van der Waals surface area (Å²) in [5.74, 6) is 1.26. The second kappa shape index (κ2) is 6.80. The van der Waals surface area contributed by atoms with Crippen LogP contribution in [0.4, 0.5) is 0 Å². The van der Waals surface area contributed by atoms with E-state index >= 15 is 0 Å². The predicted molar refractivity (Wildman–Crippen MR) is 81.6 cm³/mol. The maximum atomic E-state index is 12.0. The molecule has 22 heavy (non-hydrogen) atoms. The first-order valence-corrected chi connectivity index (χ1v) is 8.13. The molecule has 0 bridgehead atoms. The molecule has 0 saturated heterocycles. The van der Waals surface area contributed by atoms with Crippen LogP contribution in [0.15, 0.2) is 35.7 Å². The maximum absolute atomic E-state index is 12.0. The van der Waals surface area contributed by atoms with Crippen molar-refractivity contribution in [3.05, 3.63) is 36.3 Å². The highest BCUT2D eigenvalue weighted by Gasteiger charge is 2.16. The lowest BCUT2D eigenvalue weighted by Gasteiger charge is -2.10. The minimum atomic E-state index is -3.58. The van der Waals surface area contributed by atoms with Gasteiger partial charge in [-0.25, -0.2) is 18.1 Å². The predicted octanol–water partition coefficient (Wildman–Crippen LogP) is 0.958. The number of hydrogen-bond acceptors (Lipinski definition) is 5. The quantitative estimate of drug-likeness (QED) is 0.820. The van der Waals surface area contributed by atoms with Gasteiger partial charge in [-0.1, -0.05) is 6.07 Å². The Kier molecular flexibility index (Phi) is 5.04. The first kappa shape index (κ1) is 16.3. The number of rotatable bonds is 7. The van der Waals surface area contributed by atoms with E-state index in [0.29, 0.717) is 17.9 Å². The molecule has 0 radical (unpaired) electrons. The average Bonchev–Trinajstić information content (AvgIpc) is 2.94. The summed E-state index contributed by atoms with van der Waals surface area (Å²) in [6.45, 7) is 0.272. The number of aryl methyl sites for hydroxylation is 1. The molecule has 0 spiro atoms. The van der Waals surface area contributed by atoms with Crippen molar-refractivity contribution in [2.45, 2.75) is 11.4 Å². The SMILES string of the molecule is COc1ccc(CCNS(=O)(=O)c2cn(C)cn2)cc1OC. The molecule has 7 nitrogen and oxygen atoms in total. The zero-order chi connectivity index (χ0) is 16.2. The van der Waals surface area contributed by atoms with Gasteiger partial charge in [-0.05, 0) is 24.1 Å². The van der Waals surface area contributed by atoms with Crippen molar-refractivity contribution < 1.29 is 17.9 Å². The van der Waals surface area contributed by atoms with Crippen LogP contribution in [-0.4, -0.2) is 38.7 Å². The third-order valence-corrected chi connectivity index (χ3v) is 4.46. The van der Waals surface area contributed by atoms with Gasteiger partial charge < -0.3 is 14.0 Å². The van der Waals surface area contributed by atoms with Crippen LogP contribution in [0.3, 0.4) is 0 Å². The highest BCUT2D eigenvalue weighted by Crippen LogP contribution is 2.27. The monoisotopic (exact) mass is 325 g/mol. The lowest BCUT2D eigenvalue weighted by Crippen LogP contribution is -2.26. The van der Waals surface area contributed by atoms with Crippen LogP contribution in [0.2, 0.25) is 0 Å². The molecule has 2 aromatic rings. The van der Waals surface area contributed by atoms with E-state index in [1.54, 1.807) is 31.9 Å². The largest absolute Gasteiger partial charge is 0.493 e. The standard InChI is InChI=1S/C14H19N3O4S/c1-17-9-14(15-10-17)22(18,19)16-7-6-11-4-5-12(20-2)13(8-11)21-3/h4-5,8-10,16H,6-7H2,1-3H3. The number of methoxy groups -OCH3 is 2. The molecule has 1 aromatic carbocycles. The first-order valence-electron chi connectivity index (χ1n) is 6.65. The molecule has 0 aliphatic rings. The Morgan fingerprint density at radius 3 is 2.55 bits per heavy atom. The van der Waals surface area contributed by atoms with E-state index in [4.69, 9.17) is 9.47 Å². The fraction of sp³-hybridized carbons (Fsp3) is 0.357. The third-order valence-electron chi connectivity index (χ3n) is 3.11. The van der Waals surface area contributed by atoms with Crippen molar-refractivity contribution in [2.24, 2.45) is 7.05 Å². The number of nitrogens with zero attached hydrogens (tertiary/aromatic N) is 2. The van der Waals surface area contributed by atoms with Gasteiger partial charge in [0, 0.05) is 19.8 Å². The zero-order valence-electron chi connectivity index (χ0n) is 12.7. The summed E-state index contributed by atoms with van der Waals surface area (Å²) in [7, 11) is 1.27. The number of aromatic nitrogens is 2. The summed E-state index contributed by atoms with van der Waals surface area (Å²) < 4.78 is 38.6. The summed E-state index contributed by atoms with van der Waals surface area (Å²) in [5, 5.41) is 0.0160. The fourth-order valence-corrected chi connectivity index (χ4v) is 2.98. The lowest BCUT2D eigenvalue weighted by molar-refractivity contribution is 0.354. The number of hydrogen-bond donors (Lipinski definition) is 1. The van der Waals surface area contributed by atoms with Gasteiger partial charge in [0.2, 0.25) is 0 Å². The van der Waals surface area contributed by atoms with Crippen molar-refractivity contribution in [1.29, 1.82) is 0 Å². The molecule has 120 valence electrons. The zero-order valence-corrected chi connectivity index (χ0v) is 13.6. The van der Waals surface area contributed by atoms with Gasteiger partial charge in [0.05, 0.1) is 20.5 Å². The van der Waals surface area contributed by atoms with Crippen LogP contribution in [0.1, 0.15) is 5.56 Å². The molecule has 1 heterocycles. The minimum absolute atomic E-state index is 0.0160. The lowest BCUT2D eigenvalue weighted by atomic mass is 10.1. The molecule has 8 heteroatoms. The molecule has 0 atom stereocenters. The molecular weight excluding hydrogens is 306 g/mol. The number of nitrogens with one attached hydrogen (secondary N) is 1. The normalized spacial score (nSPS) is 11.4. The minimum Gasteiger partial charge on any atom is -0.493 e. The third kappa shape index (κ3) is 3.77. The van der Waals surface area contributed by atoms with Crippen molar-refractivity contribution in [3.63, 3.8) is 0 Å². The van der Waals surface area contributed by atoms with E-state index in [-0.39, 0.29) is 11.6 Å². The topological polar surface area (TPSA) is 82.5 Å². The van der Waals surface area contributed by atoms with Gasteiger partial charge in [0.25, 0.3) is 10.0 Å². The van der Waals surface area contributed by atoms with Crippen molar-refractivity contribution in [3.8, 4) is 11.5 Å². The van der Waals surface area contributed by atoms with E-state index in [2.05, 4.69) is 9.71 Å². The first-order chi connectivity index (χ1) is 10.5. The van der Waals surface area contributed by atoms with Crippen LogP contribution in [-0.2, 0) is 23.5 Å². The Labute approximate surface area is 129 Å². The molecule has 1 aromatic heterocycles. The average molecular weight is 325 g/mol. The van der Waals surface area contributed by atoms with Crippen LogP contribution >= 0.6 is 0 Å². The second-order valence-electron chi connectivity index (χ2n) is 4.71. The number of ether oxygens (including phenoxy) is 2.